The van der Waals surface area contributed by atoms with Gasteiger partial charge in [0.1, 0.15) is 18.4 Å². The number of pyridine rings is 1. The van der Waals surface area contributed by atoms with Gasteiger partial charge in [0.2, 0.25) is 11.8 Å². The van der Waals surface area contributed by atoms with Crippen molar-refractivity contribution in [3.63, 3.8) is 0 Å². The fourth-order valence-corrected chi connectivity index (χ4v) is 6.02. The summed E-state index contributed by atoms with van der Waals surface area (Å²) >= 11 is 0. The van der Waals surface area contributed by atoms with Crippen molar-refractivity contribution in [1.82, 2.24) is 15.2 Å². The van der Waals surface area contributed by atoms with Crippen LogP contribution in [0.2, 0.25) is 0 Å². The Morgan fingerprint density at radius 3 is 2.64 bits per heavy atom. The van der Waals surface area contributed by atoms with Gasteiger partial charge in [-0.25, -0.2) is 4.98 Å². The van der Waals surface area contributed by atoms with Gasteiger partial charge in [0.25, 0.3) is 5.91 Å². The summed E-state index contributed by atoms with van der Waals surface area (Å²) in [6, 6.07) is 14.7. The minimum absolute atomic E-state index is 0.0840. The molecule has 0 bridgehead atoms. The van der Waals surface area contributed by atoms with Crippen LogP contribution in [0.1, 0.15) is 44.6 Å². The maximum absolute atomic E-state index is 13.2. The topological polar surface area (TPSA) is 91.4 Å². The zero-order chi connectivity index (χ0) is 27.4. The highest BCUT2D eigenvalue weighted by Crippen LogP contribution is 2.45. The number of aromatic nitrogens is 1. The maximum Gasteiger partial charge on any atom is 0.406 e. The van der Waals surface area contributed by atoms with E-state index in [-0.39, 0.29) is 18.9 Å². The van der Waals surface area contributed by atoms with E-state index in [1.807, 2.05) is 18.2 Å². The van der Waals surface area contributed by atoms with Crippen LogP contribution in [0, 0.1) is 0 Å². The Morgan fingerprint density at radius 1 is 1.05 bits per heavy atom. The number of halogens is 3. The molecule has 1 spiro atoms. The van der Waals surface area contributed by atoms with Gasteiger partial charge in [0, 0.05) is 30.3 Å². The Labute approximate surface area is 222 Å². The second-order valence-corrected chi connectivity index (χ2v) is 10.4. The predicted molar refractivity (Wildman–Crippen MR) is 136 cm³/mol. The highest BCUT2D eigenvalue weighted by molar-refractivity contribution is 6.05. The van der Waals surface area contributed by atoms with E-state index >= 15 is 0 Å². The number of rotatable bonds is 3. The number of nitrogens with one attached hydrogen (secondary N) is 2. The van der Waals surface area contributed by atoms with Gasteiger partial charge >= 0.3 is 6.18 Å². The van der Waals surface area contributed by atoms with Gasteiger partial charge < -0.3 is 15.5 Å². The van der Waals surface area contributed by atoms with Crippen LogP contribution in [0.15, 0.2) is 60.8 Å². The van der Waals surface area contributed by atoms with Gasteiger partial charge in [0.15, 0.2) is 0 Å². The zero-order valence-electron chi connectivity index (χ0n) is 20.8. The second-order valence-electron chi connectivity index (χ2n) is 10.4. The lowest BCUT2D eigenvalue weighted by molar-refractivity contribution is -0.163. The molecule has 3 heterocycles. The molecule has 3 aromatic rings. The number of hydrogen-bond acceptors (Lipinski definition) is 4. The molecule has 39 heavy (non-hydrogen) atoms. The molecular formula is C29H25F3N4O3. The molecule has 10 heteroatoms. The molecule has 6 rings (SSSR count). The number of carbonyl (C=O) groups is 3. The van der Waals surface area contributed by atoms with Crippen molar-refractivity contribution in [2.24, 2.45) is 0 Å². The minimum Gasteiger partial charge on any atom is -0.340 e. The molecule has 0 radical (unpaired) electrons. The molecule has 2 atom stereocenters. The summed E-state index contributed by atoms with van der Waals surface area (Å²) in [5.74, 6) is -0.803. The van der Waals surface area contributed by atoms with Crippen molar-refractivity contribution >= 4 is 23.5 Å². The third-order valence-corrected chi connectivity index (χ3v) is 7.96. The lowest BCUT2D eigenvalue weighted by atomic mass is 9.68. The molecular weight excluding hydrogens is 509 g/mol. The average Bonchev–Trinajstić information content (AvgIpc) is 3.10. The summed E-state index contributed by atoms with van der Waals surface area (Å²) in [5, 5.41) is 5.56. The standard InChI is InChI=1S/C29H25F3N4O3/c30-29(31,32)16-36-15-21-5-2-1-4-17(21)13-23(26(36)38)34-25(37)19-7-8-20-14-28(10-9-18(20)12-19)22-6-3-11-33-24(22)35-27(28)39/h1-8,11-12,23H,9-10,13-16H2,(H,34,37)(H,33,35,39)/t23-,28?/m1/s1. The maximum atomic E-state index is 13.2. The van der Waals surface area contributed by atoms with E-state index in [0.29, 0.717) is 36.2 Å². The Balaban J connectivity index is 1.23. The first-order chi connectivity index (χ1) is 18.6. The highest BCUT2D eigenvalue weighted by atomic mass is 19.4. The molecule has 200 valence electrons. The first-order valence-electron chi connectivity index (χ1n) is 12.7. The molecule has 2 aromatic carbocycles. The third-order valence-electron chi connectivity index (χ3n) is 7.96. The van der Waals surface area contributed by atoms with Gasteiger partial charge in [-0.2, -0.15) is 13.2 Å². The summed E-state index contributed by atoms with van der Waals surface area (Å²) in [6.07, 6.45) is -1.23. The average molecular weight is 535 g/mol. The molecule has 3 aliphatic rings. The monoisotopic (exact) mass is 534 g/mol. The van der Waals surface area contributed by atoms with E-state index in [4.69, 9.17) is 0 Å². The number of alkyl halides is 3. The lowest BCUT2D eigenvalue weighted by Crippen LogP contribution is -2.50. The second kappa shape index (κ2) is 9.21. The minimum atomic E-state index is -4.56. The Kier molecular flexibility index (Phi) is 5.93. The van der Waals surface area contributed by atoms with E-state index in [2.05, 4.69) is 15.6 Å². The molecule has 0 saturated heterocycles. The van der Waals surface area contributed by atoms with Gasteiger partial charge in [0.05, 0.1) is 5.41 Å². The highest BCUT2D eigenvalue weighted by Gasteiger charge is 2.49. The Hall–Kier alpha value is -4.21. The molecule has 0 fully saturated rings. The summed E-state index contributed by atoms with van der Waals surface area (Å²) in [4.78, 5) is 44.4. The number of carbonyl (C=O) groups excluding carboxylic acids is 3. The van der Waals surface area contributed by atoms with Crippen LogP contribution in [0.25, 0.3) is 0 Å². The molecule has 2 aliphatic heterocycles. The SMILES string of the molecule is O=C(N[C@@H]1Cc2ccccc2CN(CC(F)(F)F)C1=O)c1ccc2c(c1)CCC1(C2)C(=O)Nc2ncccc21. The number of amides is 3. The number of nitrogens with zero attached hydrogens (tertiary/aromatic N) is 2. The van der Waals surface area contributed by atoms with Gasteiger partial charge in [-0.3, -0.25) is 14.4 Å². The van der Waals surface area contributed by atoms with Crippen LogP contribution in [0.3, 0.4) is 0 Å². The molecule has 7 nitrogen and oxygen atoms in total. The van der Waals surface area contributed by atoms with Crippen molar-refractivity contribution < 1.29 is 27.6 Å². The van der Waals surface area contributed by atoms with Crippen LogP contribution in [0.5, 0.6) is 0 Å². The van der Waals surface area contributed by atoms with Crippen LogP contribution in [0.4, 0.5) is 19.0 Å². The third kappa shape index (κ3) is 4.53. The normalized spacial score (nSPS) is 22.0. The smallest absolute Gasteiger partial charge is 0.340 e. The quantitative estimate of drug-likeness (QED) is 0.536. The molecule has 1 unspecified atom stereocenters. The first-order valence-corrected chi connectivity index (χ1v) is 12.7. The number of anilines is 1. The van der Waals surface area contributed by atoms with Crippen molar-refractivity contribution in [3.8, 4) is 0 Å². The van der Waals surface area contributed by atoms with Crippen LogP contribution >= 0.6 is 0 Å². The first kappa shape index (κ1) is 25.1. The van der Waals surface area contributed by atoms with Gasteiger partial charge in [-0.15, -0.1) is 0 Å². The van der Waals surface area contributed by atoms with Gasteiger partial charge in [-0.1, -0.05) is 36.4 Å². The van der Waals surface area contributed by atoms with Crippen LogP contribution in [-0.4, -0.2) is 46.4 Å². The molecule has 0 saturated carbocycles. The fraction of sp³-hybridized carbons (Fsp3) is 0.310. The Morgan fingerprint density at radius 2 is 1.85 bits per heavy atom. The Bertz CT molecular complexity index is 1510. The number of benzene rings is 2. The summed E-state index contributed by atoms with van der Waals surface area (Å²) < 4.78 is 39.7. The van der Waals surface area contributed by atoms with Crippen LogP contribution in [-0.2, 0) is 40.8 Å². The van der Waals surface area contributed by atoms with Gasteiger partial charge in [-0.05, 0) is 59.7 Å². The van der Waals surface area contributed by atoms with E-state index in [1.165, 1.54) is 0 Å². The molecule has 3 amide bonds. The summed E-state index contributed by atoms with van der Waals surface area (Å²) in [6.45, 7) is -1.56. The number of aryl methyl sites for hydroxylation is 1. The number of hydrogen-bond donors (Lipinski definition) is 2. The summed E-state index contributed by atoms with van der Waals surface area (Å²) in [5.41, 5.74) is 3.70. The fourth-order valence-electron chi connectivity index (χ4n) is 6.02. The van der Waals surface area contributed by atoms with Crippen LogP contribution < -0.4 is 10.6 Å². The van der Waals surface area contributed by atoms with Crippen molar-refractivity contribution in [3.05, 3.63) is 94.2 Å². The lowest BCUT2D eigenvalue weighted by Gasteiger charge is -2.33. The van der Waals surface area contributed by atoms with Crippen molar-refractivity contribution in [2.75, 3.05) is 11.9 Å². The molecule has 1 aliphatic carbocycles. The number of fused-ring (bicyclic) bond motifs is 4. The van der Waals surface area contributed by atoms with E-state index in [9.17, 15) is 27.6 Å². The molecule has 2 N–H and O–H groups in total. The van der Waals surface area contributed by atoms with E-state index in [0.717, 1.165) is 27.2 Å². The summed E-state index contributed by atoms with van der Waals surface area (Å²) in [7, 11) is 0. The van der Waals surface area contributed by atoms with E-state index < -0.39 is 36.0 Å². The molecule has 1 aromatic heterocycles. The van der Waals surface area contributed by atoms with Crippen molar-refractivity contribution in [2.45, 2.75) is 49.9 Å². The zero-order valence-corrected chi connectivity index (χ0v) is 20.8. The largest absolute Gasteiger partial charge is 0.406 e. The van der Waals surface area contributed by atoms with Crippen molar-refractivity contribution in [1.29, 1.82) is 0 Å². The predicted octanol–water partition coefficient (Wildman–Crippen LogP) is 3.71. The van der Waals surface area contributed by atoms with E-state index in [1.54, 1.807) is 42.6 Å².